The molecule has 3 rings (SSSR count). The van der Waals surface area contributed by atoms with Gasteiger partial charge in [-0.15, -0.1) is 0 Å². The number of nitrogens with one attached hydrogen (secondary N) is 2. The van der Waals surface area contributed by atoms with Crippen LogP contribution in [0.1, 0.15) is 12.8 Å². The first kappa shape index (κ1) is 11.8. The van der Waals surface area contributed by atoms with Crippen LogP contribution in [0, 0.1) is 0 Å². The number of halogens is 1. The van der Waals surface area contributed by atoms with Crippen molar-refractivity contribution in [2.24, 2.45) is 0 Å². The number of benzene rings is 1. The number of fused-ring (bicyclic) bond motifs is 1. The van der Waals surface area contributed by atoms with E-state index in [0.29, 0.717) is 6.04 Å². The number of pyridine rings is 1. The number of rotatable bonds is 2. The standard InChI is InChI=1S/C14H16ClN3/c15-13-7-11-9-17-4-1-10(11)8-14(13)18-12-2-5-16-6-3-12/h1,4,7-9,12,16,18H,2-3,5-6H2. The van der Waals surface area contributed by atoms with E-state index in [4.69, 9.17) is 11.6 Å². The highest BCUT2D eigenvalue weighted by Gasteiger charge is 2.14. The van der Waals surface area contributed by atoms with Crippen LogP contribution in [0.3, 0.4) is 0 Å². The summed E-state index contributed by atoms with van der Waals surface area (Å²) >= 11 is 6.32. The number of anilines is 1. The fourth-order valence-corrected chi connectivity index (χ4v) is 2.63. The van der Waals surface area contributed by atoms with Gasteiger partial charge in [0.15, 0.2) is 0 Å². The molecule has 0 amide bonds. The highest BCUT2D eigenvalue weighted by Crippen LogP contribution is 2.29. The molecule has 18 heavy (non-hydrogen) atoms. The molecule has 1 aromatic carbocycles. The minimum atomic E-state index is 0.517. The van der Waals surface area contributed by atoms with E-state index in [1.165, 1.54) is 5.39 Å². The fraction of sp³-hybridized carbons (Fsp3) is 0.357. The largest absolute Gasteiger partial charge is 0.381 e. The molecule has 1 aliphatic heterocycles. The van der Waals surface area contributed by atoms with E-state index in [9.17, 15) is 0 Å². The molecule has 0 spiro atoms. The minimum absolute atomic E-state index is 0.517. The average Bonchev–Trinajstić information content (AvgIpc) is 2.41. The zero-order chi connectivity index (χ0) is 12.4. The Morgan fingerprint density at radius 1 is 1.22 bits per heavy atom. The van der Waals surface area contributed by atoms with Gasteiger partial charge < -0.3 is 10.6 Å². The Morgan fingerprint density at radius 2 is 2.06 bits per heavy atom. The topological polar surface area (TPSA) is 37.0 Å². The Hall–Kier alpha value is -1.32. The summed E-state index contributed by atoms with van der Waals surface area (Å²) in [7, 11) is 0. The molecular formula is C14H16ClN3. The number of piperidine rings is 1. The summed E-state index contributed by atoms with van der Waals surface area (Å²) in [5.41, 5.74) is 1.03. The van der Waals surface area contributed by atoms with Gasteiger partial charge in [-0.25, -0.2) is 0 Å². The summed E-state index contributed by atoms with van der Waals surface area (Å²) in [5, 5.41) is 9.94. The summed E-state index contributed by atoms with van der Waals surface area (Å²) in [6, 6.07) is 6.62. The van der Waals surface area contributed by atoms with Gasteiger partial charge in [-0.3, -0.25) is 4.98 Å². The van der Waals surface area contributed by atoms with Gasteiger partial charge in [-0.05, 0) is 49.5 Å². The maximum absolute atomic E-state index is 6.32. The van der Waals surface area contributed by atoms with Crippen molar-refractivity contribution >= 4 is 28.1 Å². The molecule has 3 nitrogen and oxygen atoms in total. The average molecular weight is 262 g/mol. The van der Waals surface area contributed by atoms with Crippen LogP contribution in [0.15, 0.2) is 30.6 Å². The molecule has 0 bridgehead atoms. The quantitative estimate of drug-likeness (QED) is 0.873. The van der Waals surface area contributed by atoms with E-state index in [0.717, 1.165) is 42.0 Å². The SMILES string of the molecule is Clc1cc2cnccc2cc1NC1CCNCC1. The van der Waals surface area contributed by atoms with Gasteiger partial charge in [-0.2, -0.15) is 0 Å². The van der Waals surface area contributed by atoms with Gasteiger partial charge in [0, 0.05) is 23.8 Å². The summed E-state index contributed by atoms with van der Waals surface area (Å²) < 4.78 is 0. The maximum atomic E-state index is 6.32. The number of nitrogens with zero attached hydrogens (tertiary/aromatic N) is 1. The van der Waals surface area contributed by atoms with E-state index in [2.05, 4.69) is 21.7 Å². The van der Waals surface area contributed by atoms with Crippen molar-refractivity contribution in [1.29, 1.82) is 0 Å². The van der Waals surface area contributed by atoms with Gasteiger partial charge in [-0.1, -0.05) is 11.6 Å². The molecule has 1 fully saturated rings. The van der Waals surface area contributed by atoms with Crippen LogP contribution in [0.5, 0.6) is 0 Å². The number of hydrogen-bond donors (Lipinski definition) is 2. The molecule has 1 saturated heterocycles. The lowest BCUT2D eigenvalue weighted by atomic mass is 10.1. The molecular weight excluding hydrogens is 246 g/mol. The first-order valence-electron chi connectivity index (χ1n) is 6.33. The van der Waals surface area contributed by atoms with E-state index >= 15 is 0 Å². The molecule has 2 aromatic rings. The minimum Gasteiger partial charge on any atom is -0.381 e. The Morgan fingerprint density at radius 3 is 2.89 bits per heavy atom. The van der Waals surface area contributed by atoms with Crippen LogP contribution < -0.4 is 10.6 Å². The lowest BCUT2D eigenvalue weighted by Crippen LogP contribution is -2.35. The molecule has 0 atom stereocenters. The van der Waals surface area contributed by atoms with Crippen molar-refractivity contribution in [1.82, 2.24) is 10.3 Å². The van der Waals surface area contributed by atoms with Gasteiger partial charge in [0.25, 0.3) is 0 Å². The summed E-state index contributed by atoms with van der Waals surface area (Å²) in [4.78, 5) is 4.11. The Labute approximate surface area is 112 Å². The van der Waals surface area contributed by atoms with Crippen molar-refractivity contribution in [3.8, 4) is 0 Å². The lowest BCUT2D eigenvalue weighted by Gasteiger charge is -2.25. The molecule has 2 heterocycles. The fourth-order valence-electron chi connectivity index (χ4n) is 2.40. The first-order valence-corrected chi connectivity index (χ1v) is 6.71. The third-order valence-electron chi connectivity index (χ3n) is 3.43. The van der Waals surface area contributed by atoms with Gasteiger partial charge in [0.05, 0.1) is 10.7 Å². The Bertz CT molecular complexity index is 550. The number of hydrogen-bond acceptors (Lipinski definition) is 3. The maximum Gasteiger partial charge on any atom is 0.0644 e. The van der Waals surface area contributed by atoms with Crippen molar-refractivity contribution in [2.45, 2.75) is 18.9 Å². The molecule has 0 aliphatic carbocycles. The zero-order valence-corrected chi connectivity index (χ0v) is 10.9. The predicted molar refractivity (Wildman–Crippen MR) is 76.3 cm³/mol. The van der Waals surface area contributed by atoms with E-state index in [1.54, 1.807) is 0 Å². The summed E-state index contributed by atoms with van der Waals surface area (Å²) in [5.74, 6) is 0. The monoisotopic (exact) mass is 261 g/mol. The summed E-state index contributed by atoms with van der Waals surface area (Å²) in [6.45, 7) is 2.15. The second-order valence-corrected chi connectivity index (χ2v) is 5.13. The van der Waals surface area contributed by atoms with E-state index in [-0.39, 0.29) is 0 Å². The molecule has 1 aromatic heterocycles. The van der Waals surface area contributed by atoms with Crippen molar-refractivity contribution < 1.29 is 0 Å². The molecule has 0 saturated carbocycles. The highest BCUT2D eigenvalue weighted by molar-refractivity contribution is 6.34. The van der Waals surface area contributed by atoms with Crippen LogP contribution in [-0.2, 0) is 0 Å². The molecule has 0 radical (unpaired) electrons. The van der Waals surface area contributed by atoms with Crippen molar-refractivity contribution in [2.75, 3.05) is 18.4 Å². The van der Waals surface area contributed by atoms with Gasteiger partial charge >= 0.3 is 0 Å². The smallest absolute Gasteiger partial charge is 0.0644 e. The molecule has 2 N–H and O–H groups in total. The van der Waals surface area contributed by atoms with Gasteiger partial charge in [0.1, 0.15) is 0 Å². The van der Waals surface area contributed by atoms with E-state index < -0.39 is 0 Å². The lowest BCUT2D eigenvalue weighted by molar-refractivity contribution is 0.479. The Kier molecular flexibility index (Phi) is 3.35. The van der Waals surface area contributed by atoms with Gasteiger partial charge in [0.2, 0.25) is 0 Å². The van der Waals surface area contributed by atoms with Crippen LogP contribution in [-0.4, -0.2) is 24.1 Å². The predicted octanol–water partition coefficient (Wildman–Crippen LogP) is 3.05. The van der Waals surface area contributed by atoms with Crippen LogP contribution >= 0.6 is 11.6 Å². The first-order chi connectivity index (χ1) is 8.83. The molecule has 0 unspecified atom stereocenters. The third kappa shape index (κ3) is 2.42. The van der Waals surface area contributed by atoms with Crippen LogP contribution in [0.2, 0.25) is 5.02 Å². The second-order valence-electron chi connectivity index (χ2n) is 4.72. The Balaban J connectivity index is 1.88. The van der Waals surface area contributed by atoms with E-state index in [1.807, 2.05) is 24.5 Å². The van der Waals surface area contributed by atoms with Crippen molar-refractivity contribution in [3.63, 3.8) is 0 Å². The molecule has 94 valence electrons. The molecule has 4 heteroatoms. The zero-order valence-electron chi connectivity index (χ0n) is 10.1. The second kappa shape index (κ2) is 5.12. The van der Waals surface area contributed by atoms with Crippen LogP contribution in [0.4, 0.5) is 5.69 Å². The summed E-state index contributed by atoms with van der Waals surface area (Å²) in [6.07, 6.45) is 5.94. The molecule has 1 aliphatic rings. The van der Waals surface area contributed by atoms with Crippen molar-refractivity contribution in [3.05, 3.63) is 35.6 Å². The number of aromatic nitrogens is 1. The highest BCUT2D eigenvalue weighted by atomic mass is 35.5. The van der Waals surface area contributed by atoms with Crippen LogP contribution in [0.25, 0.3) is 10.8 Å². The third-order valence-corrected chi connectivity index (χ3v) is 3.74. The normalized spacial score (nSPS) is 16.9.